The molecule has 4 nitrogen and oxygen atoms in total. The first-order valence-electron chi connectivity index (χ1n) is 5.88. The van der Waals surface area contributed by atoms with Crippen LogP contribution in [0.2, 0.25) is 0 Å². The van der Waals surface area contributed by atoms with E-state index in [1.165, 1.54) is 0 Å². The fraction of sp³-hybridized carbons (Fsp3) is 0.385. The molecule has 0 bridgehead atoms. The standard InChI is InChI=1S/C13H15ClN2O2/c1-3-18-13(17)10-7-16-12-9(4-5-15-12)11(10)8(2)6-14/h4-5,7-8H,3,6H2,1-2H3,(H,15,16). The lowest BCUT2D eigenvalue weighted by atomic mass is 9.96. The Morgan fingerprint density at radius 2 is 2.39 bits per heavy atom. The average Bonchev–Trinajstić information content (AvgIpc) is 2.85. The molecule has 0 radical (unpaired) electrons. The predicted molar refractivity (Wildman–Crippen MR) is 71.2 cm³/mol. The summed E-state index contributed by atoms with van der Waals surface area (Å²) < 4.78 is 5.06. The average molecular weight is 267 g/mol. The van der Waals surface area contributed by atoms with Crippen LogP contribution in [0.1, 0.15) is 35.7 Å². The van der Waals surface area contributed by atoms with Crippen LogP contribution in [0, 0.1) is 0 Å². The summed E-state index contributed by atoms with van der Waals surface area (Å²) in [5.74, 6) is 0.156. The molecule has 0 aliphatic heterocycles. The summed E-state index contributed by atoms with van der Waals surface area (Å²) in [5.41, 5.74) is 2.15. The summed E-state index contributed by atoms with van der Waals surface area (Å²) in [6, 6.07) is 1.91. The van der Waals surface area contributed by atoms with Gasteiger partial charge in [-0.2, -0.15) is 0 Å². The van der Waals surface area contributed by atoms with E-state index in [-0.39, 0.29) is 11.9 Å². The van der Waals surface area contributed by atoms with E-state index in [0.29, 0.717) is 18.1 Å². The van der Waals surface area contributed by atoms with Crippen molar-refractivity contribution in [3.63, 3.8) is 0 Å². The van der Waals surface area contributed by atoms with Gasteiger partial charge in [-0.05, 0) is 24.5 Å². The molecule has 0 aliphatic rings. The normalized spacial score (nSPS) is 12.6. The van der Waals surface area contributed by atoms with Gasteiger partial charge in [0.2, 0.25) is 0 Å². The Labute approximate surface area is 110 Å². The number of fused-ring (bicyclic) bond motifs is 1. The molecular formula is C13H15ClN2O2. The van der Waals surface area contributed by atoms with Gasteiger partial charge in [-0.3, -0.25) is 0 Å². The van der Waals surface area contributed by atoms with E-state index < -0.39 is 0 Å². The van der Waals surface area contributed by atoms with Gasteiger partial charge in [-0.15, -0.1) is 11.6 Å². The molecule has 2 aromatic rings. The van der Waals surface area contributed by atoms with E-state index in [9.17, 15) is 4.79 Å². The number of H-pyrrole nitrogens is 1. The molecule has 0 saturated carbocycles. The minimum Gasteiger partial charge on any atom is -0.462 e. The first-order chi connectivity index (χ1) is 8.69. The highest BCUT2D eigenvalue weighted by molar-refractivity contribution is 6.18. The van der Waals surface area contributed by atoms with Crippen molar-refractivity contribution < 1.29 is 9.53 Å². The van der Waals surface area contributed by atoms with E-state index in [0.717, 1.165) is 16.6 Å². The van der Waals surface area contributed by atoms with Gasteiger partial charge < -0.3 is 9.72 Å². The highest BCUT2D eigenvalue weighted by atomic mass is 35.5. The van der Waals surface area contributed by atoms with E-state index in [4.69, 9.17) is 16.3 Å². The molecule has 1 atom stereocenters. The Hall–Kier alpha value is -1.55. The molecule has 2 rings (SSSR count). The zero-order valence-electron chi connectivity index (χ0n) is 10.4. The smallest absolute Gasteiger partial charge is 0.340 e. The summed E-state index contributed by atoms with van der Waals surface area (Å²) in [7, 11) is 0. The quantitative estimate of drug-likeness (QED) is 0.683. The molecule has 0 spiro atoms. The predicted octanol–water partition coefficient (Wildman–Crippen LogP) is 3.08. The number of aromatic amines is 1. The Balaban J connectivity index is 2.60. The molecule has 2 heterocycles. The van der Waals surface area contributed by atoms with Crippen molar-refractivity contribution in [1.82, 2.24) is 9.97 Å². The van der Waals surface area contributed by atoms with E-state index >= 15 is 0 Å². The number of carbonyl (C=O) groups is 1. The van der Waals surface area contributed by atoms with Crippen molar-refractivity contribution in [2.75, 3.05) is 12.5 Å². The molecule has 0 aliphatic carbocycles. The molecule has 0 aromatic carbocycles. The number of alkyl halides is 1. The van der Waals surface area contributed by atoms with Crippen LogP contribution >= 0.6 is 11.6 Å². The Morgan fingerprint density at radius 3 is 3.06 bits per heavy atom. The van der Waals surface area contributed by atoms with Crippen LogP contribution < -0.4 is 0 Å². The summed E-state index contributed by atoms with van der Waals surface area (Å²) in [5, 5.41) is 0.925. The number of nitrogens with one attached hydrogen (secondary N) is 1. The fourth-order valence-corrected chi connectivity index (χ4v) is 2.16. The van der Waals surface area contributed by atoms with Crippen LogP contribution in [0.3, 0.4) is 0 Å². The first-order valence-corrected chi connectivity index (χ1v) is 6.41. The number of nitrogens with zero attached hydrogens (tertiary/aromatic N) is 1. The van der Waals surface area contributed by atoms with Crippen LogP contribution in [-0.4, -0.2) is 28.4 Å². The summed E-state index contributed by atoms with van der Waals surface area (Å²) >= 11 is 5.92. The van der Waals surface area contributed by atoms with Gasteiger partial charge in [0.25, 0.3) is 0 Å². The number of aromatic nitrogens is 2. The minimum atomic E-state index is -0.347. The van der Waals surface area contributed by atoms with E-state index in [1.807, 2.05) is 13.0 Å². The summed E-state index contributed by atoms with van der Waals surface area (Å²) in [6.45, 7) is 4.11. The van der Waals surface area contributed by atoms with Crippen molar-refractivity contribution >= 4 is 28.6 Å². The maximum atomic E-state index is 11.9. The van der Waals surface area contributed by atoms with Gasteiger partial charge in [0.05, 0.1) is 12.2 Å². The molecule has 0 saturated heterocycles. The number of carbonyl (C=O) groups excluding carboxylic acids is 1. The maximum absolute atomic E-state index is 11.9. The summed E-state index contributed by atoms with van der Waals surface area (Å²) in [6.07, 6.45) is 3.35. The second-order valence-electron chi connectivity index (χ2n) is 4.10. The number of rotatable bonds is 4. The van der Waals surface area contributed by atoms with E-state index in [2.05, 4.69) is 9.97 Å². The number of pyridine rings is 1. The molecule has 0 amide bonds. The molecule has 0 fully saturated rings. The molecule has 96 valence electrons. The van der Waals surface area contributed by atoms with Crippen molar-refractivity contribution in [2.45, 2.75) is 19.8 Å². The highest BCUT2D eigenvalue weighted by Gasteiger charge is 2.20. The molecule has 1 N–H and O–H groups in total. The van der Waals surface area contributed by atoms with Gasteiger partial charge in [0.15, 0.2) is 0 Å². The molecular weight excluding hydrogens is 252 g/mol. The van der Waals surface area contributed by atoms with Crippen LogP contribution in [0.25, 0.3) is 11.0 Å². The minimum absolute atomic E-state index is 0.0624. The summed E-state index contributed by atoms with van der Waals surface area (Å²) in [4.78, 5) is 19.2. The third-order valence-electron chi connectivity index (χ3n) is 2.85. The molecule has 2 aromatic heterocycles. The molecule has 18 heavy (non-hydrogen) atoms. The lowest BCUT2D eigenvalue weighted by Crippen LogP contribution is -2.11. The number of esters is 1. The van der Waals surface area contributed by atoms with Gasteiger partial charge in [-0.1, -0.05) is 6.92 Å². The third kappa shape index (κ3) is 2.20. The Kier molecular flexibility index (Phi) is 3.87. The Bertz CT molecular complexity index is 565. The van der Waals surface area contributed by atoms with Gasteiger partial charge in [0, 0.05) is 23.7 Å². The molecule has 1 unspecified atom stereocenters. The SMILES string of the molecule is CCOC(=O)c1cnc2[nH]ccc2c1C(C)CCl. The zero-order valence-corrected chi connectivity index (χ0v) is 11.1. The molecule has 5 heteroatoms. The lowest BCUT2D eigenvalue weighted by molar-refractivity contribution is 0.0524. The maximum Gasteiger partial charge on any atom is 0.340 e. The van der Waals surface area contributed by atoms with Crippen LogP contribution in [0.4, 0.5) is 0 Å². The van der Waals surface area contributed by atoms with Crippen LogP contribution in [0.15, 0.2) is 18.5 Å². The van der Waals surface area contributed by atoms with Crippen molar-refractivity contribution in [3.8, 4) is 0 Å². The highest BCUT2D eigenvalue weighted by Crippen LogP contribution is 2.28. The van der Waals surface area contributed by atoms with Gasteiger partial charge in [0.1, 0.15) is 5.65 Å². The fourth-order valence-electron chi connectivity index (χ4n) is 2.01. The van der Waals surface area contributed by atoms with Crippen LogP contribution in [-0.2, 0) is 4.74 Å². The van der Waals surface area contributed by atoms with Crippen molar-refractivity contribution in [3.05, 3.63) is 29.6 Å². The monoisotopic (exact) mass is 266 g/mol. The number of hydrogen-bond donors (Lipinski definition) is 1. The largest absolute Gasteiger partial charge is 0.462 e. The zero-order chi connectivity index (χ0) is 13.1. The van der Waals surface area contributed by atoms with E-state index in [1.54, 1.807) is 19.3 Å². The second kappa shape index (κ2) is 5.40. The Morgan fingerprint density at radius 1 is 1.61 bits per heavy atom. The van der Waals surface area contributed by atoms with Crippen LogP contribution in [0.5, 0.6) is 0 Å². The van der Waals surface area contributed by atoms with Crippen molar-refractivity contribution in [2.24, 2.45) is 0 Å². The topological polar surface area (TPSA) is 55.0 Å². The third-order valence-corrected chi connectivity index (χ3v) is 3.31. The first kappa shape index (κ1) is 12.9. The number of hydrogen-bond acceptors (Lipinski definition) is 3. The number of ether oxygens (including phenoxy) is 1. The van der Waals surface area contributed by atoms with Gasteiger partial charge >= 0.3 is 5.97 Å². The van der Waals surface area contributed by atoms with Crippen molar-refractivity contribution in [1.29, 1.82) is 0 Å². The van der Waals surface area contributed by atoms with Gasteiger partial charge in [-0.25, -0.2) is 9.78 Å². The second-order valence-corrected chi connectivity index (χ2v) is 4.41. The number of halogens is 1. The lowest BCUT2D eigenvalue weighted by Gasteiger charge is -2.14.